The predicted molar refractivity (Wildman–Crippen MR) is 391 cm³/mol. The van der Waals surface area contributed by atoms with Gasteiger partial charge in [-0.2, -0.15) is 0 Å². The van der Waals surface area contributed by atoms with E-state index in [1.54, 1.807) is 0 Å². The topological polar surface area (TPSA) is 237 Å². The Kier molecular flexibility index (Phi) is 66.2. The highest BCUT2D eigenvalue weighted by Gasteiger charge is 2.30. The van der Waals surface area contributed by atoms with Crippen molar-refractivity contribution in [2.45, 2.75) is 414 Å². The smallest absolute Gasteiger partial charge is 0.462 e. The van der Waals surface area contributed by atoms with E-state index in [1.807, 2.05) is 0 Å². The van der Waals surface area contributed by atoms with Gasteiger partial charge in [-0.15, -0.1) is 0 Å². The minimum Gasteiger partial charge on any atom is -0.462 e. The average Bonchev–Trinajstić information content (AvgIpc) is 1.19. The molecule has 0 spiro atoms. The number of carbonyl (C=O) groups is 4. The zero-order valence-electron chi connectivity index (χ0n) is 62.8. The lowest BCUT2D eigenvalue weighted by molar-refractivity contribution is -0.161. The molecule has 96 heavy (non-hydrogen) atoms. The Morgan fingerprint density at radius 1 is 0.281 bits per heavy atom. The van der Waals surface area contributed by atoms with Gasteiger partial charge in [0.25, 0.3) is 0 Å². The second kappa shape index (κ2) is 67.5. The summed E-state index contributed by atoms with van der Waals surface area (Å²) >= 11 is 0. The van der Waals surface area contributed by atoms with Gasteiger partial charge in [0, 0.05) is 25.7 Å². The van der Waals surface area contributed by atoms with Crippen molar-refractivity contribution in [2.75, 3.05) is 39.6 Å². The molecule has 3 N–H and O–H groups in total. The van der Waals surface area contributed by atoms with Crippen molar-refractivity contribution < 1.29 is 80.2 Å². The molecule has 0 aromatic heterocycles. The number of aliphatic hydroxyl groups is 1. The van der Waals surface area contributed by atoms with Gasteiger partial charge >= 0.3 is 39.5 Å². The maximum atomic E-state index is 13.1. The summed E-state index contributed by atoms with van der Waals surface area (Å²) in [4.78, 5) is 72.9. The fourth-order valence-electron chi connectivity index (χ4n) is 11.8. The Morgan fingerprint density at radius 2 is 0.479 bits per heavy atom. The van der Waals surface area contributed by atoms with Crippen LogP contribution in [-0.2, 0) is 65.4 Å². The molecule has 19 heteroatoms. The molecule has 0 aromatic rings. The number of rotatable bonds is 75. The molecule has 0 radical (unpaired) electrons. The number of phosphoric ester groups is 2. The quantitative estimate of drug-likeness (QED) is 0.0222. The van der Waals surface area contributed by atoms with Crippen LogP contribution in [0.15, 0.2) is 0 Å². The van der Waals surface area contributed by atoms with Gasteiger partial charge in [-0.25, -0.2) is 9.13 Å². The van der Waals surface area contributed by atoms with E-state index >= 15 is 0 Å². The Balaban J connectivity index is 5.25. The maximum Gasteiger partial charge on any atom is 0.472 e. The molecule has 0 heterocycles. The van der Waals surface area contributed by atoms with Crippen molar-refractivity contribution in [1.29, 1.82) is 0 Å². The van der Waals surface area contributed by atoms with Crippen LogP contribution in [0, 0.1) is 17.8 Å². The second-order valence-corrected chi connectivity index (χ2v) is 32.1. The Labute approximate surface area is 588 Å². The molecule has 0 aliphatic carbocycles. The van der Waals surface area contributed by atoms with Crippen molar-refractivity contribution in [2.24, 2.45) is 17.8 Å². The third-order valence-electron chi connectivity index (χ3n) is 17.9. The molecule has 0 aromatic carbocycles. The third kappa shape index (κ3) is 70.5. The van der Waals surface area contributed by atoms with E-state index in [2.05, 4.69) is 48.5 Å². The molecule has 0 aliphatic heterocycles. The largest absolute Gasteiger partial charge is 0.472 e. The van der Waals surface area contributed by atoms with Crippen molar-refractivity contribution in [3.8, 4) is 0 Å². The molecule has 0 fully saturated rings. The van der Waals surface area contributed by atoms with E-state index in [4.69, 9.17) is 37.0 Å². The fraction of sp³-hybridized carbons (Fsp3) is 0.948. The van der Waals surface area contributed by atoms with E-state index < -0.39 is 97.5 Å². The first-order valence-electron chi connectivity index (χ1n) is 39.8. The molecule has 2 unspecified atom stereocenters. The summed E-state index contributed by atoms with van der Waals surface area (Å²) < 4.78 is 68.6. The van der Waals surface area contributed by atoms with Crippen LogP contribution in [-0.4, -0.2) is 96.7 Å². The molecule has 0 amide bonds. The molecule has 570 valence electrons. The number of carbonyl (C=O) groups excluding carboxylic acids is 4. The molecule has 0 saturated carbocycles. The van der Waals surface area contributed by atoms with Gasteiger partial charge in [-0.3, -0.25) is 37.3 Å². The van der Waals surface area contributed by atoms with Crippen LogP contribution < -0.4 is 0 Å². The van der Waals surface area contributed by atoms with Crippen molar-refractivity contribution in [3.63, 3.8) is 0 Å². The average molecular weight is 1410 g/mol. The normalized spacial score (nSPS) is 14.1. The first-order chi connectivity index (χ1) is 46.2. The van der Waals surface area contributed by atoms with Crippen LogP contribution in [0.4, 0.5) is 0 Å². The Hall–Kier alpha value is -1.94. The van der Waals surface area contributed by atoms with E-state index in [-0.39, 0.29) is 25.7 Å². The van der Waals surface area contributed by atoms with E-state index in [0.29, 0.717) is 31.6 Å². The van der Waals surface area contributed by atoms with Gasteiger partial charge in [0.1, 0.15) is 19.3 Å². The standard InChI is InChI=1S/C77H150O17P2/c1-8-9-10-11-12-13-14-15-16-17-20-25-30-37-44-51-58-74(79)87-64-72(93-76(81)60-53-46-38-31-26-21-18-19-23-28-34-41-48-55-68(2)3)66-91-95(83,84)89-62-71(78)63-90-96(85,86)92-67-73(65-88-75(80)59-52-45-40-33-36-43-50-57-70(6)7)94-77(82)61-54-47-39-32-27-22-24-29-35-42-49-56-69(4)5/h68-73,78H,8-67H2,1-7H3,(H,83,84)(H,85,86)/t71-,72-,73-/m1/s1. The summed E-state index contributed by atoms with van der Waals surface area (Å²) in [5, 5.41) is 10.6. The summed E-state index contributed by atoms with van der Waals surface area (Å²) in [7, 11) is -9.91. The highest BCUT2D eigenvalue weighted by Crippen LogP contribution is 2.45. The summed E-state index contributed by atoms with van der Waals surface area (Å²) in [6, 6.07) is 0. The van der Waals surface area contributed by atoms with Gasteiger partial charge in [0.05, 0.1) is 26.4 Å². The molecule has 0 saturated heterocycles. The Morgan fingerprint density at radius 3 is 0.708 bits per heavy atom. The van der Waals surface area contributed by atoms with E-state index in [9.17, 15) is 43.2 Å². The van der Waals surface area contributed by atoms with Crippen molar-refractivity contribution >= 4 is 39.5 Å². The minimum atomic E-state index is -4.96. The van der Waals surface area contributed by atoms with Gasteiger partial charge in [-0.1, -0.05) is 344 Å². The minimum absolute atomic E-state index is 0.106. The SMILES string of the molecule is CCCCCCCCCCCCCCCCCCC(=O)OC[C@H](COP(=O)(O)OC[C@@H](O)COP(=O)(O)OC[C@@H](COC(=O)CCCCCCCCCC(C)C)OC(=O)CCCCCCCCCCCCCC(C)C)OC(=O)CCCCCCCCCCCCCCCC(C)C. The van der Waals surface area contributed by atoms with E-state index in [1.165, 1.54) is 199 Å². The number of unbranched alkanes of at least 4 members (excludes halogenated alkanes) is 43. The second-order valence-electron chi connectivity index (χ2n) is 29.2. The number of hydrogen-bond donors (Lipinski definition) is 3. The van der Waals surface area contributed by atoms with Crippen LogP contribution in [0.5, 0.6) is 0 Å². The molecule has 5 atom stereocenters. The van der Waals surface area contributed by atoms with Gasteiger partial charge < -0.3 is 33.8 Å². The summed E-state index contributed by atoms with van der Waals surface area (Å²) in [5.74, 6) is 0.141. The van der Waals surface area contributed by atoms with Crippen LogP contribution in [0.25, 0.3) is 0 Å². The molecule has 17 nitrogen and oxygen atoms in total. The monoisotopic (exact) mass is 1410 g/mol. The lowest BCUT2D eigenvalue weighted by Gasteiger charge is -2.21. The zero-order chi connectivity index (χ0) is 70.9. The lowest BCUT2D eigenvalue weighted by atomic mass is 10.0. The van der Waals surface area contributed by atoms with Gasteiger partial charge in [0.2, 0.25) is 0 Å². The first-order valence-corrected chi connectivity index (χ1v) is 42.8. The highest BCUT2D eigenvalue weighted by atomic mass is 31.2. The number of ether oxygens (including phenoxy) is 4. The van der Waals surface area contributed by atoms with Gasteiger partial charge in [0.15, 0.2) is 12.2 Å². The number of phosphoric acid groups is 2. The molecular formula is C77H150O17P2. The van der Waals surface area contributed by atoms with Crippen LogP contribution in [0.1, 0.15) is 395 Å². The molecule has 0 aliphatic rings. The van der Waals surface area contributed by atoms with E-state index in [0.717, 1.165) is 108 Å². The summed E-state index contributed by atoms with van der Waals surface area (Å²) in [6.07, 6.45) is 54.1. The molecule has 0 bridgehead atoms. The van der Waals surface area contributed by atoms with Gasteiger partial charge in [-0.05, 0) is 43.4 Å². The molecule has 0 rings (SSSR count). The highest BCUT2D eigenvalue weighted by molar-refractivity contribution is 7.47. The summed E-state index contributed by atoms with van der Waals surface area (Å²) in [5.41, 5.74) is 0. The van der Waals surface area contributed by atoms with Crippen LogP contribution in [0.2, 0.25) is 0 Å². The molecular weight excluding hydrogens is 1260 g/mol. The number of aliphatic hydroxyl groups excluding tert-OH is 1. The number of esters is 4. The van der Waals surface area contributed by atoms with Crippen LogP contribution >= 0.6 is 15.6 Å². The maximum absolute atomic E-state index is 13.1. The predicted octanol–water partition coefficient (Wildman–Crippen LogP) is 22.6. The van der Waals surface area contributed by atoms with Crippen molar-refractivity contribution in [1.82, 2.24) is 0 Å². The van der Waals surface area contributed by atoms with Crippen LogP contribution in [0.3, 0.4) is 0 Å². The zero-order valence-corrected chi connectivity index (χ0v) is 64.6. The third-order valence-corrected chi connectivity index (χ3v) is 19.8. The number of hydrogen-bond acceptors (Lipinski definition) is 15. The fourth-order valence-corrected chi connectivity index (χ4v) is 13.4. The first kappa shape index (κ1) is 94.1. The van der Waals surface area contributed by atoms with Crippen molar-refractivity contribution in [3.05, 3.63) is 0 Å². The summed E-state index contributed by atoms with van der Waals surface area (Å²) in [6.45, 7) is 11.9. The Bertz CT molecular complexity index is 1870. The lowest BCUT2D eigenvalue weighted by Crippen LogP contribution is -2.30.